The molecule has 0 amide bonds. The molecule has 0 radical (unpaired) electrons. The average Bonchev–Trinajstić information content (AvgIpc) is 2.18. The van der Waals surface area contributed by atoms with Crippen LogP contribution in [0.5, 0.6) is 0 Å². The summed E-state index contributed by atoms with van der Waals surface area (Å²) in [5.41, 5.74) is 1.22. The number of rotatable bonds is 1. The van der Waals surface area contributed by atoms with Gasteiger partial charge in [0, 0.05) is 18.4 Å². The molecule has 0 fully saturated rings. The number of hydrogen-bond acceptors (Lipinski definition) is 2. The van der Waals surface area contributed by atoms with Crippen molar-refractivity contribution in [3.63, 3.8) is 0 Å². The smallest absolute Gasteiger partial charge is 0.0896 e. The monoisotopic (exact) mass is 188 g/mol. The predicted octanol–water partition coefficient (Wildman–Crippen LogP) is 2.35. The van der Waals surface area contributed by atoms with E-state index in [-0.39, 0.29) is 5.66 Å². The molecule has 0 saturated carbocycles. The molecule has 0 bridgehead atoms. The first-order valence-corrected chi connectivity index (χ1v) is 4.96. The fourth-order valence-corrected chi connectivity index (χ4v) is 1.74. The van der Waals surface area contributed by atoms with Crippen LogP contribution in [-0.4, -0.2) is 12.2 Å². The molecule has 0 atom stereocenters. The van der Waals surface area contributed by atoms with Gasteiger partial charge in [-0.2, -0.15) is 0 Å². The Morgan fingerprint density at radius 2 is 1.93 bits per heavy atom. The van der Waals surface area contributed by atoms with Crippen LogP contribution in [0.25, 0.3) is 0 Å². The van der Waals surface area contributed by atoms with Crippen LogP contribution in [0, 0.1) is 0 Å². The van der Waals surface area contributed by atoms with E-state index in [1.807, 2.05) is 6.07 Å². The van der Waals surface area contributed by atoms with Gasteiger partial charge in [0.1, 0.15) is 0 Å². The fourth-order valence-electron chi connectivity index (χ4n) is 1.74. The molecular weight excluding hydrogens is 172 g/mol. The number of nitrogens with zero attached hydrogens (tertiary/aromatic N) is 1. The second kappa shape index (κ2) is 3.46. The molecule has 1 aromatic rings. The van der Waals surface area contributed by atoms with Gasteiger partial charge >= 0.3 is 0 Å². The molecule has 14 heavy (non-hydrogen) atoms. The first-order chi connectivity index (χ1) is 6.70. The lowest BCUT2D eigenvalue weighted by Gasteiger charge is -2.41. The topological polar surface area (TPSA) is 15.3 Å². The van der Waals surface area contributed by atoms with Gasteiger partial charge in [0.25, 0.3) is 0 Å². The van der Waals surface area contributed by atoms with E-state index in [1.54, 1.807) is 0 Å². The first kappa shape index (κ1) is 9.28. The molecule has 2 rings (SSSR count). The van der Waals surface area contributed by atoms with Crippen molar-refractivity contribution in [2.45, 2.75) is 19.5 Å². The van der Waals surface area contributed by atoms with Gasteiger partial charge in [0.15, 0.2) is 0 Å². The molecule has 2 nitrogen and oxygen atoms in total. The van der Waals surface area contributed by atoms with Crippen LogP contribution in [0.15, 0.2) is 42.6 Å². The van der Waals surface area contributed by atoms with Crippen molar-refractivity contribution >= 4 is 5.69 Å². The zero-order chi connectivity index (χ0) is 10.0. The Kier molecular flexibility index (Phi) is 2.30. The van der Waals surface area contributed by atoms with E-state index in [2.05, 4.69) is 60.6 Å². The number of nitrogens with one attached hydrogen (secondary N) is 1. The lowest BCUT2D eigenvalue weighted by atomic mass is 10.1. The van der Waals surface area contributed by atoms with Gasteiger partial charge in [-0.25, -0.2) is 0 Å². The first-order valence-electron chi connectivity index (χ1n) is 4.96. The lowest BCUT2D eigenvalue weighted by Crippen LogP contribution is -2.54. The van der Waals surface area contributed by atoms with E-state index in [0.717, 1.165) is 6.54 Å². The third kappa shape index (κ3) is 1.66. The van der Waals surface area contributed by atoms with Crippen LogP contribution in [0.4, 0.5) is 5.69 Å². The van der Waals surface area contributed by atoms with E-state index in [4.69, 9.17) is 0 Å². The number of hydrogen-bond donors (Lipinski definition) is 1. The van der Waals surface area contributed by atoms with Gasteiger partial charge in [0.05, 0.1) is 5.66 Å². The minimum atomic E-state index is -0.00387. The summed E-state index contributed by atoms with van der Waals surface area (Å²) >= 11 is 0. The third-order valence-electron chi connectivity index (χ3n) is 2.54. The second-order valence-corrected chi connectivity index (χ2v) is 4.03. The van der Waals surface area contributed by atoms with Crippen molar-refractivity contribution in [3.05, 3.63) is 42.6 Å². The molecule has 0 saturated heterocycles. The van der Waals surface area contributed by atoms with E-state index in [9.17, 15) is 0 Å². The number of anilines is 1. The SMILES string of the molecule is CC1(C)NCC=CN1c1ccccc1. The minimum Gasteiger partial charge on any atom is -0.330 e. The maximum Gasteiger partial charge on any atom is 0.0896 e. The summed E-state index contributed by atoms with van der Waals surface area (Å²) < 4.78 is 0. The summed E-state index contributed by atoms with van der Waals surface area (Å²) in [5.74, 6) is 0. The molecule has 0 unspecified atom stereocenters. The summed E-state index contributed by atoms with van der Waals surface area (Å²) in [4.78, 5) is 2.25. The Morgan fingerprint density at radius 3 is 2.57 bits per heavy atom. The maximum absolute atomic E-state index is 3.45. The summed E-state index contributed by atoms with van der Waals surface area (Å²) in [7, 11) is 0. The van der Waals surface area contributed by atoms with Gasteiger partial charge in [-0.15, -0.1) is 0 Å². The summed E-state index contributed by atoms with van der Waals surface area (Å²) in [5, 5.41) is 3.45. The quantitative estimate of drug-likeness (QED) is 0.727. The maximum atomic E-state index is 3.45. The van der Waals surface area contributed by atoms with Crippen molar-refractivity contribution in [3.8, 4) is 0 Å². The Balaban J connectivity index is 2.33. The molecule has 0 aromatic heterocycles. The normalized spacial score (nSPS) is 19.7. The second-order valence-electron chi connectivity index (χ2n) is 4.03. The molecule has 1 heterocycles. The molecule has 2 heteroatoms. The van der Waals surface area contributed by atoms with E-state index < -0.39 is 0 Å². The zero-order valence-electron chi connectivity index (χ0n) is 8.70. The molecule has 1 aromatic carbocycles. The fraction of sp³-hybridized carbons (Fsp3) is 0.333. The Bertz CT molecular complexity index is 327. The summed E-state index contributed by atoms with van der Waals surface area (Å²) in [6.07, 6.45) is 4.28. The molecule has 1 aliphatic heterocycles. The van der Waals surface area contributed by atoms with Gasteiger partial charge < -0.3 is 4.90 Å². The largest absolute Gasteiger partial charge is 0.330 e. The number of benzene rings is 1. The lowest BCUT2D eigenvalue weighted by molar-refractivity contribution is 0.399. The van der Waals surface area contributed by atoms with Crippen molar-refractivity contribution in [1.82, 2.24) is 5.32 Å². The van der Waals surface area contributed by atoms with Crippen LogP contribution in [0.3, 0.4) is 0 Å². The third-order valence-corrected chi connectivity index (χ3v) is 2.54. The minimum absolute atomic E-state index is 0.00387. The van der Waals surface area contributed by atoms with Crippen LogP contribution in [-0.2, 0) is 0 Å². The van der Waals surface area contributed by atoms with Crippen molar-refractivity contribution in [2.75, 3.05) is 11.4 Å². The summed E-state index contributed by atoms with van der Waals surface area (Å²) in [6, 6.07) is 10.4. The number of para-hydroxylation sites is 1. The standard InChI is InChI=1S/C12H16N2/c1-12(2)13-9-6-10-14(12)11-7-4-3-5-8-11/h3-8,10,13H,9H2,1-2H3. The van der Waals surface area contributed by atoms with Gasteiger partial charge in [-0.3, -0.25) is 5.32 Å². The van der Waals surface area contributed by atoms with Crippen molar-refractivity contribution in [1.29, 1.82) is 0 Å². The van der Waals surface area contributed by atoms with E-state index >= 15 is 0 Å². The molecule has 1 N–H and O–H groups in total. The highest BCUT2D eigenvalue weighted by Gasteiger charge is 2.26. The van der Waals surface area contributed by atoms with Crippen molar-refractivity contribution < 1.29 is 0 Å². The van der Waals surface area contributed by atoms with E-state index in [1.165, 1.54) is 5.69 Å². The Labute approximate surface area is 85.2 Å². The molecular formula is C12H16N2. The van der Waals surface area contributed by atoms with Gasteiger partial charge in [0.2, 0.25) is 0 Å². The molecule has 74 valence electrons. The highest BCUT2D eigenvalue weighted by molar-refractivity contribution is 5.52. The highest BCUT2D eigenvalue weighted by atomic mass is 15.3. The molecule has 1 aliphatic rings. The zero-order valence-corrected chi connectivity index (χ0v) is 8.70. The highest BCUT2D eigenvalue weighted by Crippen LogP contribution is 2.23. The molecule has 0 spiro atoms. The van der Waals surface area contributed by atoms with Crippen LogP contribution >= 0.6 is 0 Å². The van der Waals surface area contributed by atoms with Crippen LogP contribution < -0.4 is 10.2 Å². The van der Waals surface area contributed by atoms with Crippen LogP contribution in [0.1, 0.15) is 13.8 Å². The van der Waals surface area contributed by atoms with Gasteiger partial charge in [-0.1, -0.05) is 24.3 Å². The van der Waals surface area contributed by atoms with Crippen LogP contribution in [0.2, 0.25) is 0 Å². The van der Waals surface area contributed by atoms with Crippen molar-refractivity contribution in [2.24, 2.45) is 0 Å². The Hall–Kier alpha value is -1.28. The average molecular weight is 188 g/mol. The summed E-state index contributed by atoms with van der Waals surface area (Å²) in [6.45, 7) is 5.31. The van der Waals surface area contributed by atoms with E-state index in [0.29, 0.717) is 0 Å². The molecule has 0 aliphatic carbocycles. The van der Waals surface area contributed by atoms with Gasteiger partial charge in [-0.05, 0) is 26.0 Å². The Morgan fingerprint density at radius 1 is 1.21 bits per heavy atom. The predicted molar refractivity (Wildman–Crippen MR) is 60.1 cm³/mol.